The highest BCUT2D eigenvalue weighted by atomic mass is 32.2. The molecule has 5 nitrogen and oxygen atoms in total. The van der Waals surface area contributed by atoms with Crippen molar-refractivity contribution in [1.82, 2.24) is 5.32 Å². The summed E-state index contributed by atoms with van der Waals surface area (Å²) >= 11 is 1.42. The Bertz CT molecular complexity index is 1130. The Kier molecular flexibility index (Phi) is 6.83. The van der Waals surface area contributed by atoms with Crippen molar-refractivity contribution in [3.8, 4) is 0 Å². The molecule has 160 valence electrons. The maximum Gasteiger partial charge on any atom is 0.264 e. The lowest BCUT2D eigenvalue weighted by molar-refractivity contribution is 0.0953. The first-order valence-electron chi connectivity index (χ1n) is 10.1. The molecule has 1 N–H and O–H groups in total. The molecule has 30 heavy (non-hydrogen) atoms. The molecule has 7 heteroatoms. The predicted octanol–water partition coefficient (Wildman–Crippen LogP) is 5.20. The zero-order valence-electron chi connectivity index (χ0n) is 17.8. The summed E-state index contributed by atoms with van der Waals surface area (Å²) < 4.78 is 29.0. The second-order valence-electron chi connectivity index (χ2n) is 7.83. The first-order valence-corrected chi connectivity index (χ1v) is 12.4. The molecule has 2 aromatic carbocycles. The average Bonchev–Trinajstić information content (AvgIpc) is 3.13. The maximum absolute atomic E-state index is 13.3. The largest absolute Gasteiger partial charge is 0.351 e. The fourth-order valence-electron chi connectivity index (χ4n) is 3.11. The van der Waals surface area contributed by atoms with Crippen molar-refractivity contribution in [1.29, 1.82) is 0 Å². The van der Waals surface area contributed by atoms with Gasteiger partial charge in [-0.2, -0.15) is 0 Å². The summed E-state index contributed by atoms with van der Waals surface area (Å²) in [6.45, 7) is 8.99. The second kappa shape index (κ2) is 9.18. The molecule has 1 heterocycles. The monoisotopic (exact) mass is 444 g/mol. The molecule has 0 atom stereocenters. The van der Waals surface area contributed by atoms with E-state index in [1.807, 2.05) is 52.0 Å². The Morgan fingerprint density at radius 3 is 2.43 bits per heavy atom. The molecular weight excluding hydrogens is 416 g/mol. The minimum Gasteiger partial charge on any atom is -0.351 e. The number of benzene rings is 2. The van der Waals surface area contributed by atoms with Crippen LogP contribution in [-0.2, 0) is 10.0 Å². The van der Waals surface area contributed by atoms with Gasteiger partial charge in [-0.1, -0.05) is 38.5 Å². The summed E-state index contributed by atoms with van der Waals surface area (Å²) in [6, 6.07) is 14.3. The molecule has 0 aliphatic rings. The third kappa shape index (κ3) is 4.84. The summed E-state index contributed by atoms with van der Waals surface area (Å²) in [7, 11) is -3.67. The van der Waals surface area contributed by atoms with E-state index in [-0.39, 0.29) is 10.8 Å². The van der Waals surface area contributed by atoms with Gasteiger partial charge in [0, 0.05) is 17.8 Å². The van der Waals surface area contributed by atoms with E-state index in [4.69, 9.17) is 0 Å². The molecular formula is C23H28N2O3S2. The summed E-state index contributed by atoms with van der Waals surface area (Å²) in [5.74, 6) is 0.286. The van der Waals surface area contributed by atoms with Crippen molar-refractivity contribution in [2.24, 2.45) is 5.92 Å². The molecule has 0 fully saturated rings. The van der Waals surface area contributed by atoms with Crippen LogP contribution in [0, 0.1) is 12.8 Å². The van der Waals surface area contributed by atoms with E-state index in [0.29, 0.717) is 36.0 Å². The van der Waals surface area contributed by atoms with Crippen LogP contribution in [-0.4, -0.2) is 27.4 Å². The van der Waals surface area contributed by atoms with Crippen molar-refractivity contribution in [2.45, 2.75) is 39.0 Å². The van der Waals surface area contributed by atoms with Gasteiger partial charge < -0.3 is 5.32 Å². The third-order valence-corrected chi connectivity index (χ3v) is 7.67. The van der Waals surface area contributed by atoms with Crippen molar-refractivity contribution < 1.29 is 13.2 Å². The van der Waals surface area contributed by atoms with Gasteiger partial charge in [-0.3, -0.25) is 9.10 Å². The molecule has 0 radical (unpaired) electrons. The second-order valence-corrected chi connectivity index (χ2v) is 10.8. The Morgan fingerprint density at radius 1 is 1.10 bits per heavy atom. The van der Waals surface area contributed by atoms with E-state index in [2.05, 4.69) is 5.32 Å². The first kappa shape index (κ1) is 22.3. The topological polar surface area (TPSA) is 66.5 Å². The van der Waals surface area contributed by atoms with E-state index in [1.165, 1.54) is 15.6 Å². The van der Waals surface area contributed by atoms with Gasteiger partial charge in [0.05, 0.1) is 15.5 Å². The number of aryl methyl sites for hydroxylation is 1. The van der Waals surface area contributed by atoms with Gasteiger partial charge in [0.1, 0.15) is 0 Å². The number of rotatable bonds is 8. The van der Waals surface area contributed by atoms with Gasteiger partial charge in [-0.25, -0.2) is 8.42 Å². The fraction of sp³-hybridized carbons (Fsp3) is 0.348. The molecule has 0 saturated heterocycles. The van der Waals surface area contributed by atoms with Gasteiger partial charge in [0.15, 0.2) is 0 Å². The maximum atomic E-state index is 13.3. The zero-order valence-corrected chi connectivity index (χ0v) is 19.4. The number of nitrogens with zero attached hydrogens (tertiary/aromatic N) is 1. The first-order chi connectivity index (χ1) is 14.2. The molecule has 1 amide bonds. The third-order valence-electron chi connectivity index (χ3n) is 4.72. The standard InChI is InChI=1S/C23H28N2O3S2/c1-5-12-25(30(27,28)20-9-6-17(4)7-10-20)19-8-11-21-18(13-19)14-22(29-21)23(26)24-15-16(2)3/h6-11,13-14,16H,5,12,15H2,1-4H3,(H,24,26). The summed E-state index contributed by atoms with van der Waals surface area (Å²) in [5.41, 5.74) is 1.62. The molecule has 0 aliphatic carbocycles. The fourth-order valence-corrected chi connectivity index (χ4v) is 5.62. The van der Waals surface area contributed by atoms with Gasteiger partial charge in [0.2, 0.25) is 0 Å². The van der Waals surface area contributed by atoms with Crippen molar-refractivity contribution in [2.75, 3.05) is 17.4 Å². The van der Waals surface area contributed by atoms with Crippen LogP contribution >= 0.6 is 11.3 Å². The Hall–Kier alpha value is -2.38. The Morgan fingerprint density at radius 2 is 1.80 bits per heavy atom. The SMILES string of the molecule is CCCN(c1ccc2sc(C(=O)NCC(C)C)cc2c1)S(=O)(=O)c1ccc(C)cc1. The normalized spacial score (nSPS) is 11.8. The van der Waals surface area contributed by atoms with E-state index in [0.717, 1.165) is 15.6 Å². The Labute approximate surface area is 182 Å². The summed E-state index contributed by atoms with van der Waals surface area (Å²) in [6.07, 6.45) is 0.690. The number of carbonyl (C=O) groups excluding carboxylic acids is 1. The van der Waals surface area contributed by atoms with Gasteiger partial charge in [-0.05, 0) is 61.0 Å². The average molecular weight is 445 g/mol. The summed E-state index contributed by atoms with van der Waals surface area (Å²) in [5, 5.41) is 3.80. The summed E-state index contributed by atoms with van der Waals surface area (Å²) in [4.78, 5) is 13.3. The van der Waals surface area contributed by atoms with Crippen LogP contribution in [0.1, 0.15) is 42.4 Å². The number of hydrogen-bond acceptors (Lipinski definition) is 4. The van der Waals surface area contributed by atoms with Gasteiger partial charge in [0.25, 0.3) is 15.9 Å². The van der Waals surface area contributed by atoms with Gasteiger partial charge >= 0.3 is 0 Å². The molecule has 0 unspecified atom stereocenters. The molecule has 0 spiro atoms. The molecule has 1 aromatic heterocycles. The smallest absolute Gasteiger partial charge is 0.264 e. The quantitative estimate of drug-likeness (QED) is 0.519. The highest BCUT2D eigenvalue weighted by Gasteiger charge is 2.24. The number of amides is 1. The van der Waals surface area contributed by atoms with E-state index in [1.54, 1.807) is 24.3 Å². The van der Waals surface area contributed by atoms with Crippen LogP contribution in [0.5, 0.6) is 0 Å². The minimum absolute atomic E-state index is 0.0934. The van der Waals surface area contributed by atoms with Crippen LogP contribution < -0.4 is 9.62 Å². The highest BCUT2D eigenvalue weighted by Crippen LogP contribution is 2.32. The van der Waals surface area contributed by atoms with E-state index < -0.39 is 10.0 Å². The Balaban J connectivity index is 1.96. The van der Waals surface area contributed by atoms with Crippen molar-refractivity contribution in [3.05, 3.63) is 59.0 Å². The number of carbonyl (C=O) groups is 1. The molecule has 0 aliphatic heterocycles. The zero-order chi connectivity index (χ0) is 21.9. The number of sulfonamides is 1. The highest BCUT2D eigenvalue weighted by molar-refractivity contribution is 7.92. The number of nitrogens with one attached hydrogen (secondary N) is 1. The van der Waals surface area contributed by atoms with Crippen LogP contribution in [0.25, 0.3) is 10.1 Å². The van der Waals surface area contributed by atoms with Gasteiger partial charge in [-0.15, -0.1) is 11.3 Å². The molecule has 0 saturated carbocycles. The number of fused-ring (bicyclic) bond motifs is 1. The number of anilines is 1. The number of thiophene rings is 1. The van der Waals surface area contributed by atoms with Crippen LogP contribution in [0.15, 0.2) is 53.4 Å². The van der Waals surface area contributed by atoms with Crippen molar-refractivity contribution in [3.63, 3.8) is 0 Å². The lowest BCUT2D eigenvalue weighted by atomic mass is 10.2. The van der Waals surface area contributed by atoms with Crippen LogP contribution in [0.3, 0.4) is 0 Å². The van der Waals surface area contributed by atoms with Crippen LogP contribution in [0.4, 0.5) is 5.69 Å². The predicted molar refractivity (Wildman–Crippen MR) is 125 cm³/mol. The van der Waals surface area contributed by atoms with E-state index >= 15 is 0 Å². The van der Waals surface area contributed by atoms with Crippen molar-refractivity contribution >= 4 is 43.0 Å². The van der Waals surface area contributed by atoms with E-state index in [9.17, 15) is 13.2 Å². The lowest BCUT2D eigenvalue weighted by Crippen LogP contribution is -2.31. The van der Waals surface area contributed by atoms with Crippen LogP contribution in [0.2, 0.25) is 0 Å². The molecule has 0 bridgehead atoms. The number of hydrogen-bond donors (Lipinski definition) is 1. The molecule has 3 aromatic rings. The lowest BCUT2D eigenvalue weighted by Gasteiger charge is -2.24. The molecule has 3 rings (SSSR count). The minimum atomic E-state index is -3.67.